The Labute approximate surface area is 192 Å². The van der Waals surface area contributed by atoms with Gasteiger partial charge in [-0.15, -0.1) is 0 Å². The summed E-state index contributed by atoms with van der Waals surface area (Å²) in [6, 6.07) is 5.71. The number of imidazole rings is 1. The van der Waals surface area contributed by atoms with E-state index < -0.39 is 53.1 Å². The van der Waals surface area contributed by atoms with E-state index in [4.69, 9.17) is 14.7 Å². The lowest BCUT2D eigenvalue weighted by Crippen LogP contribution is -2.38. The molecule has 1 aromatic carbocycles. The molecule has 13 nitrogen and oxygen atoms in total. The number of carbonyl (C=O) groups is 1. The predicted molar refractivity (Wildman–Crippen MR) is 117 cm³/mol. The van der Waals surface area contributed by atoms with Crippen molar-refractivity contribution >= 4 is 45.2 Å². The number of nitrogen functional groups attached to an aromatic ring is 1. The molecule has 0 radical (unpaired) electrons. The van der Waals surface area contributed by atoms with Gasteiger partial charge in [-0.3, -0.25) is 13.5 Å². The van der Waals surface area contributed by atoms with Gasteiger partial charge in [0.2, 0.25) is 0 Å². The first-order valence-electron chi connectivity index (χ1n) is 10.0. The summed E-state index contributed by atoms with van der Waals surface area (Å²) in [6.45, 7) is -0.710. The van der Waals surface area contributed by atoms with Gasteiger partial charge in [-0.05, 0) is 23.8 Å². The van der Waals surface area contributed by atoms with Gasteiger partial charge in [0, 0.05) is 6.20 Å². The van der Waals surface area contributed by atoms with Crippen molar-refractivity contribution in [1.29, 1.82) is 0 Å². The van der Waals surface area contributed by atoms with Gasteiger partial charge in [0.25, 0.3) is 5.91 Å². The first kappa shape index (κ1) is 22.2. The summed E-state index contributed by atoms with van der Waals surface area (Å²) in [7, 11) is -4.65. The number of hydrogen-bond donors (Lipinski definition) is 5. The van der Waals surface area contributed by atoms with Gasteiger partial charge in [0.15, 0.2) is 11.9 Å². The van der Waals surface area contributed by atoms with Gasteiger partial charge in [-0.25, -0.2) is 14.7 Å². The average molecular weight is 489 g/mol. The van der Waals surface area contributed by atoms with Crippen LogP contribution in [0.3, 0.4) is 0 Å². The molecule has 0 unspecified atom stereocenters. The molecule has 178 valence electrons. The molecule has 4 heterocycles. The minimum absolute atomic E-state index is 0.162. The van der Waals surface area contributed by atoms with Crippen molar-refractivity contribution in [2.75, 3.05) is 12.3 Å². The number of phenolic OH excluding ortho intramolecular Hbond substituents is 1. The van der Waals surface area contributed by atoms with E-state index in [1.165, 1.54) is 47.2 Å². The highest BCUT2D eigenvalue weighted by Crippen LogP contribution is 2.35. The number of carbonyl (C=O) groups excluding carboxylic acids is 1. The summed E-state index contributed by atoms with van der Waals surface area (Å²) in [4.78, 5) is 21.4. The van der Waals surface area contributed by atoms with E-state index in [2.05, 4.69) is 9.97 Å². The van der Waals surface area contributed by atoms with Crippen molar-refractivity contribution in [2.45, 2.75) is 24.5 Å². The number of pyridine rings is 1. The van der Waals surface area contributed by atoms with Gasteiger partial charge in [-0.1, -0.05) is 18.2 Å². The number of benzene rings is 1. The maximum absolute atomic E-state index is 12.7. The highest BCUT2D eigenvalue weighted by Gasteiger charge is 2.46. The summed E-state index contributed by atoms with van der Waals surface area (Å²) in [5.41, 5.74) is 6.72. The van der Waals surface area contributed by atoms with E-state index in [0.29, 0.717) is 11.2 Å². The quantitative estimate of drug-likeness (QED) is 0.273. The molecule has 0 saturated carbocycles. The van der Waals surface area contributed by atoms with E-state index in [9.17, 15) is 28.5 Å². The standard InChI is InChI=1S/C20H19N5O8S/c21-10-6-7-22-18-15(10)23-13-5-4-9-2-1-3-11(26)14(9)19(29)24-34(30,31)32-8-12-16(27)17(28)20(33-12)25(13)18/h1-7,12,16-17,20,26-28H,8H2,(H2,21,22)(H,24,29)/t12-,16-,17-,20-/m1/s1. The van der Waals surface area contributed by atoms with Crippen molar-refractivity contribution in [3.8, 4) is 5.75 Å². The molecule has 6 N–H and O–H groups in total. The summed E-state index contributed by atoms with van der Waals surface area (Å²) < 4.78 is 38.3. The van der Waals surface area contributed by atoms with Crippen LogP contribution in [0.5, 0.6) is 5.75 Å². The zero-order chi connectivity index (χ0) is 24.2. The Morgan fingerprint density at radius 2 is 1.97 bits per heavy atom. The lowest BCUT2D eigenvalue weighted by Gasteiger charge is -2.19. The Kier molecular flexibility index (Phi) is 5.26. The first-order chi connectivity index (χ1) is 16.2. The second kappa shape index (κ2) is 8.03. The Hall–Kier alpha value is -3.56. The predicted octanol–water partition coefficient (Wildman–Crippen LogP) is -0.487. The third kappa shape index (κ3) is 3.66. The monoisotopic (exact) mass is 489 g/mol. The topological polar surface area (TPSA) is 199 Å². The summed E-state index contributed by atoms with van der Waals surface area (Å²) in [5, 5.41) is 31.4. The Balaban J connectivity index is 1.74. The van der Waals surface area contributed by atoms with Crippen molar-refractivity contribution in [3.05, 3.63) is 47.4 Å². The fraction of sp³-hybridized carbons (Fsp3) is 0.250. The number of aromatic nitrogens is 3. The smallest absolute Gasteiger partial charge is 0.362 e. The largest absolute Gasteiger partial charge is 0.507 e. The minimum atomic E-state index is -4.65. The number of nitrogens with two attached hydrogens (primary N) is 1. The average Bonchev–Trinajstić information content (AvgIpc) is 3.28. The number of rotatable bonds is 0. The van der Waals surface area contributed by atoms with Crippen molar-refractivity contribution < 1.29 is 37.5 Å². The van der Waals surface area contributed by atoms with Crippen LogP contribution in [0.15, 0.2) is 30.5 Å². The molecular weight excluding hydrogens is 470 g/mol. The van der Waals surface area contributed by atoms with E-state index >= 15 is 0 Å². The third-order valence-corrected chi connectivity index (χ3v) is 6.43. The summed E-state index contributed by atoms with van der Waals surface area (Å²) in [6.07, 6.45) is -1.21. The fourth-order valence-electron chi connectivity index (χ4n) is 3.93. The fourth-order valence-corrected chi connectivity index (χ4v) is 4.63. The number of phenols is 1. The van der Waals surface area contributed by atoms with Crippen LogP contribution in [0.4, 0.5) is 5.69 Å². The molecule has 1 fully saturated rings. The normalized spacial score (nSPS) is 26.5. The van der Waals surface area contributed by atoms with Crippen LogP contribution in [-0.2, 0) is 19.2 Å². The number of nitrogens with one attached hydrogen (secondary N) is 1. The Bertz CT molecular complexity index is 1440. The third-order valence-electron chi connectivity index (χ3n) is 5.55. The molecule has 5 rings (SSSR count). The SMILES string of the molecule is Nc1ccnc2c1nc1n2[C@@H]2O[C@H](COS(=O)(=O)NC(=O)c3c(O)cccc3C=C1)[C@@H](O)[C@H]2O. The molecule has 1 saturated heterocycles. The maximum Gasteiger partial charge on any atom is 0.362 e. The second-order valence-electron chi connectivity index (χ2n) is 7.70. The summed E-state index contributed by atoms with van der Waals surface area (Å²) in [5.74, 6) is -1.40. The molecular formula is C20H19N5O8S. The van der Waals surface area contributed by atoms with Crippen LogP contribution >= 0.6 is 0 Å². The van der Waals surface area contributed by atoms with Crippen molar-refractivity contribution in [1.82, 2.24) is 19.3 Å². The number of aliphatic hydroxyl groups is 2. The number of aliphatic hydroxyl groups excluding tert-OH is 2. The molecule has 14 heteroatoms. The molecule has 3 aromatic rings. The molecule has 1 amide bonds. The van der Waals surface area contributed by atoms with Crippen LogP contribution in [0.2, 0.25) is 0 Å². The number of fused-ring (bicyclic) bond motifs is 7. The number of nitrogens with zero attached hydrogens (tertiary/aromatic N) is 3. The molecule has 2 bridgehead atoms. The number of hydrogen-bond acceptors (Lipinski definition) is 11. The maximum atomic E-state index is 12.7. The van der Waals surface area contributed by atoms with Crippen LogP contribution in [-0.4, -0.2) is 69.1 Å². The molecule has 0 aliphatic carbocycles. The van der Waals surface area contributed by atoms with Crippen LogP contribution in [0, 0.1) is 0 Å². The first-order valence-corrected chi connectivity index (χ1v) is 11.4. The van der Waals surface area contributed by atoms with E-state index in [0.717, 1.165) is 0 Å². The molecule has 2 aliphatic heterocycles. The number of ether oxygens (including phenoxy) is 1. The number of aromatic hydroxyl groups is 1. The van der Waals surface area contributed by atoms with Crippen molar-refractivity contribution in [3.63, 3.8) is 0 Å². The zero-order valence-corrected chi connectivity index (χ0v) is 18.1. The molecule has 2 aliphatic rings. The number of anilines is 1. The van der Waals surface area contributed by atoms with Crippen LogP contribution in [0.25, 0.3) is 23.3 Å². The van der Waals surface area contributed by atoms with Crippen LogP contribution in [0.1, 0.15) is 28.0 Å². The van der Waals surface area contributed by atoms with E-state index in [-0.39, 0.29) is 22.6 Å². The molecule has 34 heavy (non-hydrogen) atoms. The number of amides is 1. The molecule has 2 aromatic heterocycles. The second-order valence-corrected chi connectivity index (χ2v) is 9.05. The molecule has 0 spiro atoms. The zero-order valence-electron chi connectivity index (χ0n) is 17.3. The lowest BCUT2D eigenvalue weighted by molar-refractivity contribution is -0.0471. The lowest BCUT2D eigenvalue weighted by atomic mass is 10.1. The molecule has 4 atom stereocenters. The highest BCUT2D eigenvalue weighted by molar-refractivity contribution is 7.85. The van der Waals surface area contributed by atoms with Crippen molar-refractivity contribution in [2.24, 2.45) is 0 Å². The van der Waals surface area contributed by atoms with E-state index in [1.54, 1.807) is 4.72 Å². The Morgan fingerprint density at radius 3 is 2.76 bits per heavy atom. The van der Waals surface area contributed by atoms with Gasteiger partial charge >= 0.3 is 10.3 Å². The highest BCUT2D eigenvalue weighted by atomic mass is 32.2. The van der Waals surface area contributed by atoms with Gasteiger partial charge in [0.05, 0.1) is 17.9 Å². The minimum Gasteiger partial charge on any atom is -0.507 e. The summed E-state index contributed by atoms with van der Waals surface area (Å²) >= 11 is 0. The van der Waals surface area contributed by atoms with Gasteiger partial charge in [-0.2, -0.15) is 8.42 Å². The van der Waals surface area contributed by atoms with E-state index in [1.807, 2.05) is 0 Å². The Morgan fingerprint density at radius 1 is 1.18 bits per heavy atom. The van der Waals surface area contributed by atoms with Crippen LogP contribution < -0.4 is 10.5 Å². The van der Waals surface area contributed by atoms with Gasteiger partial charge < -0.3 is 25.8 Å². The van der Waals surface area contributed by atoms with Gasteiger partial charge in [0.1, 0.15) is 35.4 Å².